The number of nitrogens with zero attached hydrogens (tertiary/aromatic N) is 1. The Morgan fingerprint density at radius 1 is 1.50 bits per heavy atom. The van der Waals surface area contributed by atoms with E-state index in [4.69, 9.17) is 14.3 Å². The van der Waals surface area contributed by atoms with Gasteiger partial charge in [-0.1, -0.05) is 0 Å². The molecule has 0 radical (unpaired) electrons. The van der Waals surface area contributed by atoms with Crippen molar-refractivity contribution >= 4 is 16.0 Å². The maximum Gasteiger partial charge on any atom is 0.371 e. The Balaban J connectivity index is 3.22. The molecule has 1 aromatic rings. The van der Waals surface area contributed by atoms with Gasteiger partial charge >= 0.3 is 5.97 Å². The number of carbonyl (C=O) groups is 1. The van der Waals surface area contributed by atoms with Crippen LogP contribution in [0.3, 0.4) is 0 Å². The van der Waals surface area contributed by atoms with Gasteiger partial charge in [-0.25, -0.2) is 13.2 Å². The van der Waals surface area contributed by atoms with E-state index in [1.54, 1.807) is 13.8 Å². The van der Waals surface area contributed by atoms with Gasteiger partial charge in [0.15, 0.2) is 0 Å². The minimum atomic E-state index is -3.82. The Bertz CT molecular complexity index is 575. The lowest BCUT2D eigenvalue weighted by atomic mass is 10.4. The van der Waals surface area contributed by atoms with E-state index in [1.165, 1.54) is 18.3 Å². The molecule has 0 aromatic carbocycles. The predicted molar refractivity (Wildman–Crippen MR) is 71.3 cm³/mol. The quantitative estimate of drug-likeness (QED) is 0.816. The van der Waals surface area contributed by atoms with Gasteiger partial charge in [0.05, 0.1) is 6.61 Å². The fraction of sp³-hybridized carbons (Fsp3) is 0.583. The maximum atomic E-state index is 12.6. The van der Waals surface area contributed by atoms with Crippen molar-refractivity contribution in [2.24, 2.45) is 0 Å². The first-order valence-electron chi connectivity index (χ1n) is 6.06. The molecule has 20 heavy (non-hydrogen) atoms. The highest BCUT2D eigenvalue weighted by Crippen LogP contribution is 2.25. The topological polar surface area (TPSA) is 97.0 Å². The van der Waals surface area contributed by atoms with E-state index in [0.717, 1.165) is 6.07 Å². The minimum Gasteiger partial charge on any atom is -0.475 e. The summed E-state index contributed by atoms with van der Waals surface area (Å²) in [7, 11) is -2.34. The molecule has 0 atom stereocenters. The van der Waals surface area contributed by atoms with Crippen molar-refractivity contribution in [1.82, 2.24) is 4.31 Å². The molecule has 1 rings (SSSR count). The number of hydrogen-bond acceptors (Lipinski definition) is 5. The van der Waals surface area contributed by atoms with Crippen molar-refractivity contribution in [2.75, 3.05) is 20.3 Å². The van der Waals surface area contributed by atoms with Crippen molar-refractivity contribution < 1.29 is 27.5 Å². The van der Waals surface area contributed by atoms with E-state index >= 15 is 0 Å². The molecule has 0 spiro atoms. The molecular weight excluding hydrogens is 286 g/mol. The summed E-state index contributed by atoms with van der Waals surface area (Å²) >= 11 is 0. The summed E-state index contributed by atoms with van der Waals surface area (Å²) in [4.78, 5) is 10.7. The molecule has 0 saturated heterocycles. The van der Waals surface area contributed by atoms with Gasteiger partial charge in [-0.15, -0.1) is 0 Å². The molecule has 0 aliphatic carbocycles. The first kappa shape index (κ1) is 16.7. The Morgan fingerprint density at radius 3 is 2.50 bits per heavy atom. The third kappa shape index (κ3) is 3.38. The first-order valence-corrected chi connectivity index (χ1v) is 7.50. The average molecular weight is 305 g/mol. The molecule has 7 nitrogen and oxygen atoms in total. The summed E-state index contributed by atoms with van der Waals surface area (Å²) in [6, 6.07) is 0.757. The number of rotatable bonds is 7. The third-order valence-corrected chi connectivity index (χ3v) is 4.94. The molecule has 1 N–H and O–H groups in total. The van der Waals surface area contributed by atoms with Crippen LogP contribution in [0.1, 0.15) is 30.2 Å². The fourth-order valence-corrected chi connectivity index (χ4v) is 3.57. The molecule has 8 heteroatoms. The van der Waals surface area contributed by atoms with Gasteiger partial charge < -0.3 is 14.3 Å². The largest absolute Gasteiger partial charge is 0.475 e. The first-order chi connectivity index (χ1) is 9.21. The van der Waals surface area contributed by atoms with E-state index in [9.17, 15) is 13.2 Å². The zero-order chi connectivity index (χ0) is 15.5. The molecule has 0 amide bonds. The van der Waals surface area contributed by atoms with Crippen molar-refractivity contribution in [3.63, 3.8) is 0 Å². The van der Waals surface area contributed by atoms with E-state index < -0.39 is 21.8 Å². The highest BCUT2D eigenvalue weighted by Gasteiger charge is 2.31. The number of methoxy groups -OCH3 is 1. The zero-order valence-electron chi connectivity index (χ0n) is 11.9. The van der Waals surface area contributed by atoms with Crippen LogP contribution in [0.5, 0.6) is 0 Å². The number of furan rings is 1. The maximum absolute atomic E-state index is 12.6. The molecule has 0 fully saturated rings. The number of aromatic carboxylic acids is 1. The highest BCUT2D eigenvalue weighted by molar-refractivity contribution is 7.89. The van der Waals surface area contributed by atoms with Crippen LogP contribution >= 0.6 is 0 Å². The number of aryl methyl sites for hydroxylation is 1. The van der Waals surface area contributed by atoms with E-state index in [1.807, 2.05) is 0 Å². The van der Waals surface area contributed by atoms with E-state index in [-0.39, 0.29) is 29.8 Å². The molecule has 1 aromatic heterocycles. The van der Waals surface area contributed by atoms with Gasteiger partial charge in [0.1, 0.15) is 10.7 Å². The van der Waals surface area contributed by atoms with Crippen molar-refractivity contribution in [3.05, 3.63) is 17.6 Å². The molecule has 0 aliphatic rings. The summed E-state index contributed by atoms with van der Waals surface area (Å²) < 4.78 is 36.2. The molecule has 114 valence electrons. The SMILES string of the molecule is COCCN(C(C)C)S(=O)(=O)c1cc(C(=O)O)oc1C. The lowest BCUT2D eigenvalue weighted by molar-refractivity contribution is 0.0661. The van der Waals surface area contributed by atoms with Gasteiger partial charge in [0.25, 0.3) is 0 Å². The van der Waals surface area contributed by atoms with Crippen LogP contribution < -0.4 is 0 Å². The van der Waals surface area contributed by atoms with Crippen molar-refractivity contribution in [1.29, 1.82) is 0 Å². The summed E-state index contributed by atoms with van der Waals surface area (Å²) in [6.45, 7) is 5.33. The highest BCUT2D eigenvalue weighted by atomic mass is 32.2. The summed E-state index contributed by atoms with van der Waals surface area (Å²) in [5, 5.41) is 8.86. The van der Waals surface area contributed by atoms with Crippen LogP contribution in [0.25, 0.3) is 0 Å². The zero-order valence-corrected chi connectivity index (χ0v) is 12.7. The standard InChI is InChI=1S/C12H19NO6S/c1-8(2)13(5-6-18-4)20(16,17)11-7-10(12(14)15)19-9(11)3/h7-8H,5-6H2,1-4H3,(H,14,15). The van der Waals surface area contributed by atoms with Crippen molar-refractivity contribution in [3.8, 4) is 0 Å². The third-order valence-electron chi connectivity index (χ3n) is 2.76. The number of sulfonamides is 1. The van der Waals surface area contributed by atoms with E-state index in [2.05, 4.69) is 0 Å². The van der Waals surface area contributed by atoms with E-state index in [0.29, 0.717) is 0 Å². The molecular formula is C12H19NO6S. The molecule has 1 heterocycles. The van der Waals surface area contributed by atoms with Gasteiger partial charge in [-0.3, -0.25) is 0 Å². The minimum absolute atomic E-state index is 0.0606. The predicted octanol–water partition coefficient (Wildman–Crippen LogP) is 1.33. The molecule has 0 saturated carbocycles. The monoisotopic (exact) mass is 305 g/mol. The Hall–Kier alpha value is -1.38. The summed E-state index contributed by atoms with van der Waals surface area (Å²) in [5.41, 5.74) is 0. The van der Waals surface area contributed by atoms with Crippen LogP contribution in [0.2, 0.25) is 0 Å². The number of hydrogen-bond donors (Lipinski definition) is 1. The van der Waals surface area contributed by atoms with Gasteiger partial charge in [0, 0.05) is 25.8 Å². The molecule has 0 unspecified atom stereocenters. The van der Waals surface area contributed by atoms with Gasteiger partial charge in [0.2, 0.25) is 15.8 Å². The Kier molecular flexibility index (Phi) is 5.32. The normalized spacial score (nSPS) is 12.3. The summed E-state index contributed by atoms with van der Waals surface area (Å²) in [5.74, 6) is -1.63. The van der Waals surface area contributed by atoms with Gasteiger partial charge in [-0.2, -0.15) is 4.31 Å². The Labute approximate surface area is 118 Å². The lowest BCUT2D eigenvalue weighted by Gasteiger charge is -2.25. The average Bonchev–Trinajstić information content (AvgIpc) is 2.72. The Morgan fingerprint density at radius 2 is 2.10 bits per heavy atom. The van der Waals surface area contributed by atoms with Crippen LogP contribution in [0.15, 0.2) is 15.4 Å². The van der Waals surface area contributed by atoms with Crippen LogP contribution in [0, 0.1) is 6.92 Å². The number of carboxylic acids is 1. The van der Waals surface area contributed by atoms with Crippen LogP contribution in [-0.2, 0) is 14.8 Å². The fourth-order valence-electron chi connectivity index (χ4n) is 1.79. The molecule has 0 aliphatic heterocycles. The second-order valence-corrected chi connectivity index (χ2v) is 6.40. The second-order valence-electron chi connectivity index (χ2n) is 4.54. The van der Waals surface area contributed by atoms with Gasteiger partial charge in [-0.05, 0) is 20.8 Å². The lowest BCUT2D eigenvalue weighted by Crippen LogP contribution is -2.39. The number of ether oxygens (including phenoxy) is 1. The van der Waals surface area contributed by atoms with Crippen LogP contribution in [0.4, 0.5) is 0 Å². The number of carboxylic acid groups (broad SMARTS) is 1. The second kappa shape index (κ2) is 6.38. The summed E-state index contributed by atoms with van der Waals surface area (Å²) in [6.07, 6.45) is 0. The van der Waals surface area contributed by atoms with Crippen LogP contribution in [-0.4, -0.2) is 50.1 Å². The molecule has 0 bridgehead atoms. The van der Waals surface area contributed by atoms with Crippen molar-refractivity contribution in [2.45, 2.75) is 31.7 Å². The smallest absolute Gasteiger partial charge is 0.371 e.